The molecule has 0 aromatic carbocycles. The van der Waals surface area contributed by atoms with Gasteiger partial charge in [0.15, 0.2) is 5.96 Å². The van der Waals surface area contributed by atoms with Crippen molar-refractivity contribution in [1.29, 1.82) is 0 Å². The normalized spacial score (nSPS) is 16.2. The van der Waals surface area contributed by atoms with Gasteiger partial charge in [0.05, 0.1) is 0 Å². The van der Waals surface area contributed by atoms with E-state index in [1.54, 1.807) is 32.2 Å². The molecule has 2 N–H and O–H groups in total. The van der Waals surface area contributed by atoms with Gasteiger partial charge in [0.2, 0.25) is 5.91 Å². The van der Waals surface area contributed by atoms with E-state index < -0.39 is 0 Å². The average molecular weight is 452 g/mol. The van der Waals surface area contributed by atoms with Crippen LogP contribution in [0.5, 0.6) is 0 Å². The molecule has 0 aromatic heterocycles. The highest BCUT2D eigenvalue weighted by Crippen LogP contribution is 2.40. The van der Waals surface area contributed by atoms with E-state index in [4.69, 9.17) is 4.74 Å². The summed E-state index contributed by atoms with van der Waals surface area (Å²) < 4.78 is 5.27. The number of amides is 1. The highest BCUT2D eigenvalue weighted by atomic mass is 127. The first kappa shape index (κ1) is 23.2. The molecule has 7 heteroatoms. The molecule has 0 aromatic rings. The van der Waals surface area contributed by atoms with Crippen molar-refractivity contribution >= 4 is 35.8 Å². The summed E-state index contributed by atoms with van der Waals surface area (Å²) in [5.41, 5.74) is 0.276. The first-order valence-electron chi connectivity index (χ1n) is 8.35. The van der Waals surface area contributed by atoms with Crippen molar-refractivity contribution in [2.75, 3.05) is 47.4 Å². The molecule has 140 valence electrons. The smallest absolute Gasteiger partial charge is 0.243 e. The maximum Gasteiger partial charge on any atom is 0.243 e. The lowest BCUT2D eigenvalue weighted by Crippen LogP contribution is -2.44. The van der Waals surface area contributed by atoms with Crippen LogP contribution in [0.15, 0.2) is 17.6 Å². The quantitative estimate of drug-likeness (QED) is 0.243. The Labute approximate surface area is 163 Å². The predicted molar refractivity (Wildman–Crippen MR) is 110 cm³/mol. The van der Waals surface area contributed by atoms with Crippen LogP contribution in [0.3, 0.4) is 0 Å². The van der Waals surface area contributed by atoms with Gasteiger partial charge in [0.1, 0.15) is 6.54 Å². The third-order valence-electron chi connectivity index (χ3n) is 4.42. The van der Waals surface area contributed by atoms with Gasteiger partial charge >= 0.3 is 0 Å². The number of aliphatic imine (C=N–C) groups is 1. The minimum absolute atomic E-state index is 0. The molecule has 1 aliphatic carbocycles. The second-order valence-electron chi connectivity index (χ2n) is 6.43. The molecule has 1 rings (SSSR count). The van der Waals surface area contributed by atoms with Crippen LogP contribution in [0.1, 0.15) is 32.1 Å². The van der Waals surface area contributed by atoms with E-state index >= 15 is 0 Å². The average Bonchev–Trinajstić information content (AvgIpc) is 3.01. The fourth-order valence-electron chi connectivity index (χ4n) is 2.86. The molecule has 6 nitrogen and oxygen atoms in total. The Morgan fingerprint density at radius 2 is 2.00 bits per heavy atom. The van der Waals surface area contributed by atoms with Crippen molar-refractivity contribution in [2.24, 2.45) is 10.4 Å². The number of nitrogens with zero attached hydrogens (tertiary/aromatic N) is 2. The molecule has 0 aliphatic heterocycles. The number of halogens is 1. The van der Waals surface area contributed by atoms with Gasteiger partial charge in [-0.3, -0.25) is 4.79 Å². The monoisotopic (exact) mass is 452 g/mol. The van der Waals surface area contributed by atoms with E-state index in [2.05, 4.69) is 22.2 Å². The van der Waals surface area contributed by atoms with Crippen molar-refractivity contribution in [2.45, 2.75) is 32.1 Å². The van der Waals surface area contributed by atoms with Crippen LogP contribution in [0, 0.1) is 5.41 Å². The molecule has 0 heterocycles. The number of nitrogens with one attached hydrogen (secondary N) is 2. The summed E-state index contributed by atoms with van der Waals surface area (Å²) in [4.78, 5) is 17.6. The topological polar surface area (TPSA) is 66.0 Å². The van der Waals surface area contributed by atoms with Crippen molar-refractivity contribution in [3.05, 3.63) is 12.7 Å². The summed E-state index contributed by atoms with van der Waals surface area (Å²) in [5.74, 6) is 0.656. The minimum Gasteiger partial charge on any atom is -0.385 e. The molecule has 0 unspecified atom stereocenters. The van der Waals surface area contributed by atoms with Gasteiger partial charge in [-0.1, -0.05) is 18.9 Å². The van der Waals surface area contributed by atoms with E-state index in [1.807, 2.05) is 0 Å². The fourth-order valence-corrected chi connectivity index (χ4v) is 2.86. The van der Waals surface area contributed by atoms with E-state index in [1.165, 1.54) is 25.7 Å². The molecule has 1 saturated carbocycles. The number of hydrogen-bond donors (Lipinski definition) is 2. The van der Waals surface area contributed by atoms with Crippen LogP contribution in [0.4, 0.5) is 0 Å². The van der Waals surface area contributed by atoms with Crippen LogP contribution >= 0.6 is 24.0 Å². The lowest BCUT2D eigenvalue weighted by Gasteiger charge is -2.30. The molecule has 0 spiro atoms. The van der Waals surface area contributed by atoms with Crippen LogP contribution in [0.25, 0.3) is 0 Å². The Morgan fingerprint density at radius 3 is 2.54 bits per heavy atom. The van der Waals surface area contributed by atoms with Gasteiger partial charge in [-0.2, -0.15) is 0 Å². The summed E-state index contributed by atoms with van der Waals surface area (Å²) >= 11 is 0. The molecule has 0 atom stereocenters. The maximum absolute atomic E-state index is 11.7. The molecular weight excluding hydrogens is 419 g/mol. The van der Waals surface area contributed by atoms with Gasteiger partial charge < -0.3 is 20.3 Å². The number of likely N-dealkylation sites (N-methyl/N-ethyl adjacent to an activating group) is 1. The minimum atomic E-state index is -0.0142. The van der Waals surface area contributed by atoms with Crippen molar-refractivity contribution in [1.82, 2.24) is 15.5 Å². The van der Waals surface area contributed by atoms with Gasteiger partial charge in [0.25, 0.3) is 0 Å². The first-order valence-corrected chi connectivity index (χ1v) is 8.35. The predicted octanol–water partition coefficient (Wildman–Crippen LogP) is 2.01. The molecule has 0 saturated heterocycles. The number of hydrogen-bond acceptors (Lipinski definition) is 3. The molecule has 24 heavy (non-hydrogen) atoms. The highest BCUT2D eigenvalue weighted by molar-refractivity contribution is 14.0. The number of carbonyl (C=O) groups excluding carboxylic acids is 1. The molecule has 1 amide bonds. The second-order valence-corrected chi connectivity index (χ2v) is 6.43. The summed E-state index contributed by atoms with van der Waals surface area (Å²) in [6.07, 6.45) is 7.82. The zero-order valence-corrected chi connectivity index (χ0v) is 17.6. The Bertz CT molecular complexity index is 407. The van der Waals surface area contributed by atoms with Gasteiger partial charge in [0, 0.05) is 40.9 Å². The summed E-state index contributed by atoms with van der Waals surface area (Å²) in [6.45, 7) is 6.11. The van der Waals surface area contributed by atoms with Crippen molar-refractivity contribution in [3.8, 4) is 0 Å². The van der Waals surface area contributed by atoms with Crippen molar-refractivity contribution in [3.63, 3.8) is 0 Å². The number of guanidine groups is 1. The first-order chi connectivity index (χ1) is 11.0. The Balaban J connectivity index is 0.00000529. The number of ether oxygens (including phenoxy) is 1. The van der Waals surface area contributed by atoms with E-state index in [-0.39, 0.29) is 41.8 Å². The van der Waals surface area contributed by atoms with E-state index in [0.29, 0.717) is 12.5 Å². The standard InChI is InChI=1S/C17H32N4O2.HI/c1-5-11-18-16(19-13-15(22)21(2)3)20-14-17(10-12-23-4)8-6-7-9-17;/h5H,1,6-14H2,2-4H3,(H2,18,19,20);1H. The number of carbonyl (C=O) groups is 1. The molecule has 1 aliphatic rings. The second kappa shape index (κ2) is 12.5. The zero-order valence-electron chi connectivity index (χ0n) is 15.3. The van der Waals surface area contributed by atoms with Gasteiger partial charge in [-0.05, 0) is 24.7 Å². The fraction of sp³-hybridized carbons (Fsp3) is 0.765. The Morgan fingerprint density at radius 1 is 1.33 bits per heavy atom. The lowest BCUT2D eigenvalue weighted by atomic mass is 9.83. The largest absolute Gasteiger partial charge is 0.385 e. The Hall–Kier alpha value is -0.830. The summed E-state index contributed by atoms with van der Waals surface area (Å²) in [6, 6.07) is 0. The Kier molecular flexibility index (Phi) is 12.1. The molecule has 0 radical (unpaired) electrons. The van der Waals surface area contributed by atoms with Gasteiger partial charge in [-0.15, -0.1) is 30.6 Å². The molecule has 0 bridgehead atoms. The third kappa shape index (κ3) is 8.32. The van der Waals surface area contributed by atoms with E-state index in [0.717, 1.165) is 19.6 Å². The highest BCUT2D eigenvalue weighted by Gasteiger charge is 2.33. The van der Waals surface area contributed by atoms with Crippen LogP contribution in [-0.4, -0.2) is 64.2 Å². The maximum atomic E-state index is 11.7. The molecular formula is C17H33IN4O2. The third-order valence-corrected chi connectivity index (χ3v) is 4.42. The van der Waals surface area contributed by atoms with Crippen LogP contribution in [0.2, 0.25) is 0 Å². The summed E-state index contributed by atoms with van der Waals surface area (Å²) in [7, 11) is 5.22. The lowest BCUT2D eigenvalue weighted by molar-refractivity contribution is -0.127. The molecule has 1 fully saturated rings. The van der Waals surface area contributed by atoms with Crippen LogP contribution < -0.4 is 10.6 Å². The van der Waals surface area contributed by atoms with Crippen LogP contribution in [-0.2, 0) is 9.53 Å². The van der Waals surface area contributed by atoms with Gasteiger partial charge in [-0.25, -0.2) is 4.99 Å². The summed E-state index contributed by atoms with van der Waals surface area (Å²) in [5, 5.41) is 6.59. The SMILES string of the molecule is C=CCNC(=NCC(=O)N(C)C)NCC1(CCOC)CCCC1.I. The number of methoxy groups -OCH3 is 1. The van der Waals surface area contributed by atoms with Crippen molar-refractivity contribution < 1.29 is 9.53 Å². The number of rotatable bonds is 9. The van der Waals surface area contributed by atoms with E-state index in [9.17, 15) is 4.79 Å². The zero-order chi connectivity index (χ0) is 17.1.